The average Bonchev–Trinajstić information content (AvgIpc) is 3.93. The van der Waals surface area contributed by atoms with Crippen LogP contribution in [0, 0.1) is 0 Å². The SMILES string of the molecule is c1ccc(-c2ccc(N(c3ccc4c(c3)C3(c5ccccc5-4)c4ccc5ccccc5c4-c4cccc5cccc3c45)c3ccccc3-c3ccc4c(c3)c3ccccc3n4-c3ccccc3)cc2)cc1. The molecule has 2 aliphatic carbocycles. The van der Waals surface area contributed by atoms with Gasteiger partial charge in [-0.15, -0.1) is 0 Å². The predicted octanol–water partition coefficient (Wildman–Crippen LogP) is 18.2. The first kappa shape index (κ1) is 39.7. The Balaban J connectivity index is 0.993. The summed E-state index contributed by atoms with van der Waals surface area (Å²) < 4.78 is 2.39. The number of rotatable bonds is 6. The van der Waals surface area contributed by atoms with Crippen LogP contribution in [0.2, 0.25) is 0 Å². The Morgan fingerprint density at radius 2 is 0.915 bits per heavy atom. The van der Waals surface area contributed by atoms with Gasteiger partial charge in [-0.1, -0.05) is 206 Å². The maximum absolute atomic E-state index is 2.53. The molecule has 71 heavy (non-hydrogen) atoms. The zero-order valence-electron chi connectivity index (χ0n) is 38.8. The maximum Gasteiger partial charge on any atom is 0.0726 e. The van der Waals surface area contributed by atoms with Crippen LogP contribution in [0.1, 0.15) is 22.3 Å². The summed E-state index contributed by atoms with van der Waals surface area (Å²) in [5, 5.41) is 7.59. The van der Waals surface area contributed by atoms with Crippen molar-refractivity contribution in [3.8, 4) is 50.2 Å². The van der Waals surface area contributed by atoms with Gasteiger partial charge in [-0.3, -0.25) is 0 Å². The van der Waals surface area contributed by atoms with Crippen LogP contribution in [0.4, 0.5) is 17.1 Å². The zero-order chi connectivity index (χ0) is 46.6. The van der Waals surface area contributed by atoms with E-state index in [4.69, 9.17) is 0 Å². The van der Waals surface area contributed by atoms with Crippen LogP contribution >= 0.6 is 0 Å². The fraction of sp³-hybridized carbons (Fsp3) is 0.0145. The largest absolute Gasteiger partial charge is 0.310 e. The lowest BCUT2D eigenvalue weighted by Gasteiger charge is -2.41. The molecule has 0 saturated heterocycles. The van der Waals surface area contributed by atoms with Gasteiger partial charge in [0.25, 0.3) is 0 Å². The van der Waals surface area contributed by atoms with Crippen molar-refractivity contribution in [2.24, 2.45) is 0 Å². The fourth-order valence-corrected chi connectivity index (χ4v) is 12.6. The van der Waals surface area contributed by atoms with Gasteiger partial charge in [0, 0.05) is 33.4 Å². The van der Waals surface area contributed by atoms with Crippen molar-refractivity contribution >= 4 is 60.4 Å². The lowest BCUT2D eigenvalue weighted by Crippen LogP contribution is -2.32. The van der Waals surface area contributed by atoms with Crippen LogP contribution in [0.15, 0.2) is 267 Å². The fourth-order valence-electron chi connectivity index (χ4n) is 12.6. The molecule has 13 aromatic rings. The third-order valence-electron chi connectivity index (χ3n) is 15.6. The number of benzene rings is 12. The number of para-hydroxylation sites is 3. The zero-order valence-corrected chi connectivity index (χ0v) is 38.8. The quantitative estimate of drug-likeness (QED) is 0.161. The van der Waals surface area contributed by atoms with Crippen molar-refractivity contribution < 1.29 is 0 Å². The number of aromatic nitrogens is 1. The van der Waals surface area contributed by atoms with Crippen molar-refractivity contribution in [3.05, 3.63) is 289 Å². The van der Waals surface area contributed by atoms with E-state index in [-0.39, 0.29) is 0 Å². The Labute approximate surface area is 412 Å². The molecular formula is C69H44N2. The van der Waals surface area contributed by atoms with Crippen LogP contribution in [-0.2, 0) is 5.41 Å². The van der Waals surface area contributed by atoms with E-state index in [1.165, 1.54) is 99.0 Å². The third kappa shape index (κ3) is 5.71. The topological polar surface area (TPSA) is 8.17 Å². The van der Waals surface area contributed by atoms with Gasteiger partial charge in [-0.2, -0.15) is 0 Å². The van der Waals surface area contributed by atoms with Crippen molar-refractivity contribution in [2.45, 2.75) is 5.41 Å². The molecule has 2 heteroatoms. The van der Waals surface area contributed by atoms with Gasteiger partial charge in [-0.05, 0) is 143 Å². The van der Waals surface area contributed by atoms with E-state index in [1.54, 1.807) is 0 Å². The maximum atomic E-state index is 2.53. The second-order valence-corrected chi connectivity index (χ2v) is 19.1. The Morgan fingerprint density at radius 1 is 0.310 bits per heavy atom. The number of fused-ring (bicyclic) bond motifs is 14. The molecule has 0 amide bonds. The van der Waals surface area contributed by atoms with Crippen molar-refractivity contribution in [2.75, 3.05) is 4.90 Å². The molecule has 0 fully saturated rings. The summed E-state index contributed by atoms with van der Waals surface area (Å²) in [5.41, 5.74) is 21.4. The Morgan fingerprint density at radius 3 is 1.77 bits per heavy atom. The summed E-state index contributed by atoms with van der Waals surface area (Å²) in [6.45, 7) is 0. The molecule has 0 N–H and O–H groups in total. The van der Waals surface area contributed by atoms with E-state index < -0.39 is 5.41 Å². The molecule has 330 valence electrons. The first-order valence-electron chi connectivity index (χ1n) is 24.7. The highest BCUT2D eigenvalue weighted by Crippen LogP contribution is 2.63. The van der Waals surface area contributed by atoms with Crippen molar-refractivity contribution in [3.63, 3.8) is 0 Å². The Hall–Kier alpha value is -9.24. The highest BCUT2D eigenvalue weighted by atomic mass is 15.1. The van der Waals surface area contributed by atoms with E-state index in [0.717, 1.165) is 33.9 Å². The summed E-state index contributed by atoms with van der Waals surface area (Å²) in [6.07, 6.45) is 0. The molecule has 12 aromatic carbocycles. The van der Waals surface area contributed by atoms with Crippen molar-refractivity contribution in [1.82, 2.24) is 4.57 Å². The standard InChI is InChI=1S/C69H44N2/c1-3-17-45(18-4-1)46-33-37-51(38-34-46)70(64-31-13-10-24-53(64)49-36-42-66-59(43-49)57-27-11-14-32-65(57)71(66)50-22-5-2-6-23-50)52-39-40-56-55-26-9-12-29-60(55)69(63(56)44-52)61-30-16-21-48-20-15-28-58(67(48)61)68-54-25-8-7-19-47(54)35-41-62(68)69/h1-44H. The second-order valence-electron chi connectivity index (χ2n) is 19.1. The second kappa shape index (κ2) is 15.4. The lowest BCUT2D eigenvalue weighted by molar-refractivity contribution is 0.775. The van der Waals surface area contributed by atoms with Gasteiger partial charge in [0.05, 0.1) is 22.1 Å². The summed E-state index contributed by atoms with van der Waals surface area (Å²) >= 11 is 0. The highest BCUT2D eigenvalue weighted by molar-refractivity contribution is 6.14. The van der Waals surface area contributed by atoms with E-state index in [1.807, 2.05) is 0 Å². The number of anilines is 3. The smallest absolute Gasteiger partial charge is 0.0726 e. The number of hydrogen-bond acceptors (Lipinski definition) is 1. The van der Waals surface area contributed by atoms with Gasteiger partial charge < -0.3 is 9.47 Å². The molecule has 1 aromatic heterocycles. The Bertz CT molecular complexity index is 4270. The molecule has 1 unspecified atom stereocenters. The van der Waals surface area contributed by atoms with Gasteiger partial charge >= 0.3 is 0 Å². The van der Waals surface area contributed by atoms with E-state index in [2.05, 4.69) is 276 Å². The summed E-state index contributed by atoms with van der Waals surface area (Å²) in [6, 6.07) is 99.4. The minimum Gasteiger partial charge on any atom is -0.310 e. The number of hydrogen-bond donors (Lipinski definition) is 0. The molecule has 0 radical (unpaired) electrons. The number of nitrogens with zero attached hydrogens (tertiary/aromatic N) is 2. The molecule has 15 rings (SSSR count). The van der Waals surface area contributed by atoms with Crippen LogP contribution < -0.4 is 4.90 Å². The molecule has 0 aliphatic heterocycles. The molecule has 1 heterocycles. The van der Waals surface area contributed by atoms with E-state index in [9.17, 15) is 0 Å². The van der Waals surface area contributed by atoms with Crippen LogP contribution in [0.25, 0.3) is 93.5 Å². The van der Waals surface area contributed by atoms with Crippen molar-refractivity contribution in [1.29, 1.82) is 0 Å². The highest BCUT2D eigenvalue weighted by Gasteiger charge is 2.50. The van der Waals surface area contributed by atoms with Gasteiger partial charge in [-0.25, -0.2) is 0 Å². The normalized spacial score (nSPS) is 14.3. The summed E-state index contributed by atoms with van der Waals surface area (Å²) in [5.74, 6) is 0. The first-order chi connectivity index (χ1) is 35.2. The third-order valence-corrected chi connectivity index (χ3v) is 15.6. The minimum atomic E-state index is -0.588. The van der Waals surface area contributed by atoms with Crippen LogP contribution in [0.5, 0.6) is 0 Å². The summed E-state index contributed by atoms with van der Waals surface area (Å²) in [4.78, 5) is 2.50. The predicted molar refractivity (Wildman–Crippen MR) is 298 cm³/mol. The average molecular weight is 901 g/mol. The first-order valence-corrected chi connectivity index (χ1v) is 24.7. The summed E-state index contributed by atoms with van der Waals surface area (Å²) in [7, 11) is 0. The monoisotopic (exact) mass is 900 g/mol. The molecule has 1 atom stereocenters. The lowest BCUT2D eigenvalue weighted by atomic mass is 9.61. The molecule has 0 saturated carbocycles. The molecule has 2 nitrogen and oxygen atoms in total. The van der Waals surface area contributed by atoms with E-state index >= 15 is 0 Å². The Kier molecular flexibility index (Phi) is 8.61. The molecule has 2 aliphatic rings. The van der Waals surface area contributed by atoms with Crippen LogP contribution in [-0.4, -0.2) is 4.57 Å². The minimum absolute atomic E-state index is 0.588. The molecular weight excluding hydrogens is 857 g/mol. The van der Waals surface area contributed by atoms with Gasteiger partial charge in [0.1, 0.15) is 0 Å². The van der Waals surface area contributed by atoms with Gasteiger partial charge in [0.2, 0.25) is 0 Å². The molecule has 1 spiro atoms. The van der Waals surface area contributed by atoms with E-state index in [0.29, 0.717) is 0 Å². The van der Waals surface area contributed by atoms with Gasteiger partial charge in [0.15, 0.2) is 0 Å². The van der Waals surface area contributed by atoms with Crippen LogP contribution in [0.3, 0.4) is 0 Å². The molecule has 0 bridgehead atoms.